The molecule has 0 saturated carbocycles. The lowest BCUT2D eigenvalue weighted by atomic mass is 10.0. The third-order valence-electron chi connectivity index (χ3n) is 5.49. The Morgan fingerprint density at radius 3 is 1.17 bits per heavy atom. The van der Waals surface area contributed by atoms with Crippen molar-refractivity contribution in [3.8, 4) is 11.1 Å². The van der Waals surface area contributed by atoms with Crippen molar-refractivity contribution in [2.24, 2.45) is 0 Å². The minimum absolute atomic E-state index is 0.0353. The first kappa shape index (κ1) is 23.6. The lowest BCUT2D eigenvalue weighted by Gasteiger charge is -2.15. The first-order chi connectivity index (χ1) is 14.5. The zero-order valence-corrected chi connectivity index (χ0v) is 18.7. The maximum Gasteiger partial charge on any atom is 0.279 e. The predicted molar refractivity (Wildman–Crippen MR) is 123 cm³/mol. The first-order valence-corrected chi connectivity index (χ1v) is 11.0. The summed E-state index contributed by atoms with van der Waals surface area (Å²) < 4.78 is 0. The molecule has 6 nitrogen and oxygen atoms in total. The van der Waals surface area contributed by atoms with E-state index in [1.807, 2.05) is 48.5 Å². The van der Waals surface area contributed by atoms with Crippen LogP contribution in [-0.4, -0.2) is 51.1 Å². The Hall–Kier alpha value is -2.70. The van der Waals surface area contributed by atoms with E-state index in [1.165, 1.54) is 9.80 Å². The highest BCUT2D eigenvalue weighted by Crippen LogP contribution is 2.23. The van der Waals surface area contributed by atoms with Crippen LogP contribution in [-0.2, 0) is 9.59 Å². The average molecular weight is 413 g/mol. The quantitative estimate of drug-likeness (QED) is 0.446. The van der Waals surface area contributed by atoms with Gasteiger partial charge in [-0.15, -0.1) is 0 Å². The fourth-order valence-electron chi connectivity index (χ4n) is 3.36. The topological polar surface area (TPSA) is 67.1 Å². The Balaban J connectivity index is 1.93. The molecule has 0 aliphatic carbocycles. The normalized spacial score (nSPS) is 11.0. The Bertz CT molecular complexity index is 725. The molecule has 0 atom stereocenters. The maximum atomic E-state index is 12.2. The summed E-state index contributed by atoms with van der Waals surface area (Å²) in [6.07, 6.45) is 0. The molecule has 2 amide bonds. The molecule has 0 aromatic heterocycles. The zero-order chi connectivity index (χ0) is 21.9. The van der Waals surface area contributed by atoms with Crippen LogP contribution in [0.2, 0.25) is 0 Å². The number of quaternary nitrogens is 2. The molecule has 0 radical (unpaired) electrons. The molecule has 6 heteroatoms. The molecule has 2 aromatic carbocycles. The monoisotopic (exact) mass is 412 g/mol. The number of carbonyl (C=O) groups excluding carboxylic acids is 2. The molecule has 0 bridgehead atoms. The molecule has 4 N–H and O–H groups in total. The van der Waals surface area contributed by atoms with E-state index in [1.54, 1.807) is 0 Å². The van der Waals surface area contributed by atoms with Gasteiger partial charge in [0, 0.05) is 11.4 Å². The number of carbonyl (C=O) groups is 2. The second-order valence-electron chi connectivity index (χ2n) is 7.52. The highest BCUT2D eigenvalue weighted by molar-refractivity contribution is 5.92. The van der Waals surface area contributed by atoms with Crippen LogP contribution in [0.15, 0.2) is 48.5 Å². The van der Waals surface area contributed by atoms with E-state index in [0.29, 0.717) is 13.1 Å². The Morgan fingerprint density at radius 2 is 0.900 bits per heavy atom. The number of hydrogen-bond acceptors (Lipinski definition) is 2. The standard InChI is InChI=1S/C24H34N4O2/c1-5-27(6-2)17-23(29)25-21-13-9-19(10-14-21)20-11-15-22(16-12-20)26-24(30)18-28(7-3)8-4/h9-16H,5-8,17-18H2,1-4H3,(H,25,29)(H,26,30)/p+2. The van der Waals surface area contributed by atoms with Crippen molar-refractivity contribution in [2.45, 2.75) is 27.7 Å². The summed E-state index contributed by atoms with van der Waals surface area (Å²) in [7, 11) is 0. The van der Waals surface area contributed by atoms with Crippen molar-refractivity contribution in [3.63, 3.8) is 0 Å². The average Bonchev–Trinajstić information content (AvgIpc) is 2.77. The molecule has 30 heavy (non-hydrogen) atoms. The molecule has 2 rings (SSSR count). The summed E-state index contributed by atoms with van der Waals surface area (Å²) >= 11 is 0. The van der Waals surface area contributed by atoms with Crippen molar-refractivity contribution in [1.82, 2.24) is 0 Å². The third-order valence-corrected chi connectivity index (χ3v) is 5.49. The van der Waals surface area contributed by atoms with E-state index in [4.69, 9.17) is 0 Å². The van der Waals surface area contributed by atoms with Crippen LogP contribution >= 0.6 is 0 Å². The van der Waals surface area contributed by atoms with Crippen molar-refractivity contribution >= 4 is 23.2 Å². The minimum Gasteiger partial charge on any atom is -0.328 e. The molecule has 0 spiro atoms. The molecule has 0 saturated heterocycles. The van der Waals surface area contributed by atoms with Gasteiger partial charge in [0.25, 0.3) is 11.8 Å². The third kappa shape index (κ3) is 7.28. The fourth-order valence-corrected chi connectivity index (χ4v) is 3.36. The summed E-state index contributed by atoms with van der Waals surface area (Å²) in [4.78, 5) is 26.8. The number of amides is 2. The SMILES string of the molecule is CC[NH+](CC)CC(=O)Nc1ccc(-c2ccc(NC(=O)C[NH+](CC)CC)cc2)cc1. The Kier molecular flexibility index (Phi) is 9.51. The summed E-state index contributed by atoms with van der Waals surface area (Å²) in [5.41, 5.74) is 3.73. The highest BCUT2D eigenvalue weighted by atomic mass is 16.2. The molecule has 0 aliphatic rings. The lowest BCUT2D eigenvalue weighted by Crippen LogP contribution is -3.12. The van der Waals surface area contributed by atoms with Crippen LogP contribution in [0.4, 0.5) is 11.4 Å². The van der Waals surface area contributed by atoms with Crippen molar-refractivity contribution in [1.29, 1.82) is 0 Å². The largest absolute Gasteiger partial charge is 0.328 e. The van der Waals surface area contributed by atoms with Gasteiger partial charge in [-0.05, 0) is 63.1 Å². The van der Waals surface area contributed by atoms with Gasteiger partial charge in [-0.3, -0.25) is 9.59 Å². The van der Waals surface area contributed by atoms with E-state index < -0.39 is 0 Å². The van der Waals surface area contributed by atoms with Crippen LogP contribution < -0.4 is 20.4 Å². The van der Waals surface area contributed by atoms with Crippen molar-refractivity contribution in [2.75, 3.05) is 49.9 Å². The van der Waals surface area contributed by atoms with Gasteiger partial charge < -0.3 is 20.4 Å². The highest BCUT2D eigenvalue weighted by Gasteiger charge is 2.12. The predicted octanol–water partition coefficient (Wildman–Crippen LogP) is 1.08. The molecule has 0 fully saturated rings. The summed E-state index contributed by atoms with van der Waals surface area (Å²) in [5, 5.41) is 5.93. The van der Waals surface area contributed by atoms with Gasteiger partial charge in [0.1, 0.15) is 0 Å². The number of likely N-dealkylation sites (N-methyl/N-ethyl adjacent to an activating group) is 2. The van der Waals surface area contributed by atoms with Gasteiger partial charge in [0.2, 0.25) is 0 Å². The van der Waals surface area contributed by atoms with Gasteiger partial charge >= 0.3 is 0 Å². The molecular weight excluding hydrogens is 376 g/mol. The number of nitrogens with one attached hydrogen (secondary N) is 4. The van der Waals surface area contributed by atoms with Gasteiger partial charge in [-0.2, -0.15) is 0 Å². The Labute approximate surface area is 180 Å². The van der Waals surface area contributed by atoms with E-state index in [0.717, 1.165) is 48.7 Å². The van der Waals surface area contributed by atoms with Crippen molar-refractivity contribution in [3.05, 3.63) is 48.5 Å². The maximum absolute atomic E-state index is 12.2. The summed E-state index contributed by atoms with van der Waals surface area (Å²) in [5.74, 6) is 0.0705. The van der Waals surface area contributed by atoms with Crippen LogP contribution in [0.5, 0.6) is 0 Å². The second kappa shape index (κ2) is 12.1. The summed E-state index contributed by atoms with van der Waals surface area (Å²) in [6, 6.07) is 15.7. The van der Waals surface area contributed by atoms with Gasteiger partial charge in [0.05, 0.1) is 26.2 Å². The number of rotatable bonds is 11. The first-order valence-electron chi connectivity index (χ1n) is 11.0. The van der Waals surface area contributed by atoms with Crippen LogP contribution in [0.25, 0.3) is 11.1 Å². The molecule has 0 aliphatic heterocycles. The second-order valence-corrected chi connectivity index (χ2v) is 7.52. The van der Waals surface area contributed by atoms with E-state index in [-0.39, 0.29) is 11.8 Å². The lowest BCUT2D eigenvalue weighted by molar-refractivity contribution is -0.888. The fraction of sp³-hybridized carbons (Fsp3) is 0.417. The van der Waals surface area contributed by atoms with E-state index in [9.17, 15) is 9.59 Å². The van der Waals surface area contributed by atoms with E-state index >= 15 is 0 Å². The smallest absolute Gasteiger partial charge is 0.279 e. The number of benzene rings is 2. The number of anilines is 2. The van der Waals surface area contributed by atoms with Crippen LogP contribution in [0.3, 0.4) is 0 Å². The van der Waals surface area contributed by atoms with Gasteiger partial charge in [0.15, 0.2) is 13.1 Å². The van der Waals surface area contributed by atoms with Crippen molar-refractivity contribution < 1.29 is 19.4 Å². The summed E-state index contributed by atoms with van der Waals surface area (Å²) in [6.45, 7) is 13.1. The molecular formula is C24H36N4O2+2. The van der Waals surface area contributed by atoms with Crippen LogP contribution in [0, 0.1) is 0 Å². The molecule has 0 heterocycles. The van der Waals surface area contributed by atoms with E-state index in [2.05, 4.69) is 38.3 Å². The number of hydrogen-bond donors (Lipinski definition) is 4. The minimum atomic E-state index is 0.0353. The molecule has 162 valence electrons. The van der Waals surface area contributed by atoms with Gasteiger partial charge in [-0.25, -0.2) is 0 Å². The van der Waals surface area contributed by atoms with Crippen LogP contribution in [0.1, 0.15) is 27.7 Å². The Morgan fingerprint density at radius 1 is 0.600 bits per heavy atom. The van der Waals surface area contributed by atoms with Gasteiger partial charge in [-0.1, -0.05) is 24.3 Å². The molecule has 2 aromatic rings. The molecule has 0 unspecified atom stereocenters. The zero-order valence-electron chi connectivity index (χ0n) is 18.7.